The van der Waals surface area contributed by atoms with E-state index in [4.69, 9.17) is 31.0 Å². The number of halogens is 1. The fraction of sp³-hybridized carbons (Fsp3) is 0.559. The Labute approximate surface area is 292 Å². The molecule has 3 aromatic heterocycles. The van der Waals surface area contributed by atoms with Crippen molar-refractivity contribution in [1.82, 2.24) is 29.7 Å². The highest BCUT2D eigenvalue weighted by Crippen LogP contribution is 2.42. The number of thiazole rings is 1. The third kappa shape index (κ3) is 7.34. The largest absolute Gasteiger partial charge is 0.444 e. The first-order valence-electron chi connectivity index (χ1n) is 16.6. The summed E-state index contributed by atoms with van der Waals surface area (Å²) in [4.78, 5) is 43.9. The van der Waals surface area contributed by atoms with Gasteiger partial charge < -0.3 is 29.2 Å². The zero-order chi connectivity index (χ0) is 34.5. The van der Waals surface area contributed by atoms with Gasteiger partial charge in [0.2, 0.25) is 0 Å². The summed E-state index contributed by atoms with van der Waals surface area (Å²) in [6.45, 7) is 13.7. The number of rotatable bonds is 9. The molecule has 0 aliphatic carbocycles. The number of aromatic nitrogens is 4. The molecule has 258 valence electrons. The van der Waals surface area contributed by atoms with Gasteiger partial charge in [-0.2, -0.15) is 0 Å². The highest BCUT2D eigenvalue weighted by atomic mass is 35.5. The summed E-state index contributed by atoms with van der Waals surface area (Å²) in [6, 6.07) is 5.45. The molecule has 2 amide bonds. The standard InChI is InChI=1S/C34H46ClN7O4SSi/c1-34(2,3)46-33(44)37-20-15-21-9-10-22(16-20)42(21)26-17-36-28-24(18-41(30(28)39-26)19-45-13-14-48(6,7)8)23-11-12-25-29(27(23)35)47-31(38-25)32(43)40(4)5/h11-12,17-18,20-22H,9-10,13-16,19H2,1-8H3,(H,37,44)/t20?,21-,22+. The molecule has 2 aliphatic heterocycles. The number of benzene rings is 1. The van der Waals surface area contributed by atoms with Crippen molar-refractivity contribution in [2.75, 3.05) is 25.6 Å². The van der Waals surface area contributed by atoms with Crippen LogP contribution in [-0.4, -0.2) is 88.9 Å². The van der Waals surface area contributed by atoms with Gasteiger partial charge in [-0.05, 0) is 58.6 Å². The Morgan fingerprint density at radius 2 is 1.81 bits per heavy atom. The molecule has 1 unspecified atom stereocenters. The van der Waals surface area contributed by atoms with Gasteiger partial charge in [0.1, 0.15) is 23.7 Å². The van der Waals surface area contributed by atoms with Crippen LogP contribution in [0.4, 0.5) is 10.6 Å². The van der Waals surface area contributed by atoms with E-state index in [0.717, 1.165) is 64.5 Å². The second-order valence-electron chi connectivity index (χ2n) is 15.4. The lowest BCUT2D eigenvalue weighted by Crippen LogP contribution is -2.51. The Bertz CT molecular complexity index is 1830. The molecule has 4 aromatic rings. The van der Waals surface area contributed by atoms with Gasteiger partial charge in [-0.3, -0.25) is 4.79 Å². The van der Waals surface area contributed by atoms with Crippen LogP contribution in [0, 0.1) is 0 Å². The maximum Gasteiger partial charge on any atom is 0.407 e. The number of amides is 2. The SMILES string of the molecule is CN(C)C(=O)c1nc2ccc(-c3cn(COCC[Si](C)(C)C)c4nc(N5[C@@H]6CC[C@H]5CC(NC(=O)OC(C)(C)C)C6)cnc34)c(Cl)c2s1. The number of piperidine rings is 1. The molecule has 1 aromatic carbocycles. The smallest absolute Gasteiger partial charge is 0.407 e. The van der Waals surface area contributed by atoms with Crippen molar-refractivity contribution in [3.8, 4) is 11.1 Å². The van der Waals surface area contributed by atoms with Crippen LogP contribution in [0.15, 0.2) is 24.5 Å². The molecule has 3 atom stereocenters. The molecule has 2 bridgehead atoms. The molecular formula is C34H46ClN7O4SSi. The minimum atomic E-state index is -1.26. The number of carbonyl (C=O) groups is 2. The summed E-state index contributed by atoms with van der Waals surface area (Å²) in [5.41, 5.74) is 3.27. The molecule has 11 nitrogen and oxygen atoms in total. The van der Waals surface area contributed by atoms with Crippen molar-refractivity contribution in [2.45, 2.75) is 103 Å². The van der Waals surface area contributed by atoms with Gasteiger partial charge >= 0.3 is 6.09 Å². The van der Waals surface area contributed by atoms with Crippen LogP contribution >= 0.6 is 22.9 Å². The fourth-order valence-electron chi connectivity index (χ4n) is 6.59. The molecular weight excluding hydrogens is 666 g/mol. The van der Waals surface area contributed by atoms with Crippen LogP contribution in [0.2, 0.25) is 30.7 Å². The minimum absolute atomic E-state index is 0.0536. The molecule has 6 rings (SSSR count). The molecule has 48 heavy (non-hydrogen) atoms. The van der Waals surface area contributed by atoms with Crippen molar-refractivity contribution in [2.24, 2.45) is 0 Å². The lowest BCUT2D eigenvalue weighted by atomic mass is 9.97. The molecule has 0 radical (unpaired) electrons. The highest BCUT2D eigenvalue weighted by molar-refractivity contribution is 7.21. The van der Waals surface area contributed by atoms with E-state index in [1.165, 1.54) is 16.2 Å². The van der Waals surface area contributed by atoms with Crippen molar-refractivity contribution in [3.63, 3.8) is 0 Å². The summed E-state index contributed by atoms with van der Waals surface area (Å²) < 4.78 is 14.5. The predicted molar refractivity (Wildman–Crippen MR) is 195 cm³/mol. The average Bonchev–Trinajstić information content (AvgIpc) is 3.66. The fourth-order valence-corrected chi connectivity index (χ4v) is 8.75. The third-order valence-corrected chi connectivity index (χ3v) is 12.2. The molecule has 0 saturated carbocycles. The molecule has 0 spiro atoms. The second-order valence-corrected chi connectivity index (χ2v) is 22.4. The van der Waals surface area contributed by atoms with E-state index >= 15 is 0 Å². The molecule has 5 heterocycles. The maximum atomic E-state index is 12.6. The quantitative estimate of drug-likeness (QED) is 0.141. The minimum Gasteiger partial charge on any atom is -0.444 e. The van der Waals surface area contributed by atoms with Crippen molar-refractivity contribution in [1.29, 1.82) is 0 Å². The number of anilines is 1. The highest BCUT2D eigenvalue weighted by Gasteiger charge is 2.42. The van der Waals surface area contributed by atoms with Crippen LogP contribution in [0.3, 0.4) is 0 Å². The van der Waals surface area contributed by atoms with E-state index in [1.54, 1.807) is 14.1 Å². The number of ether oxygens (including phenoxy) is 2. The number of hydrogen-bond donors (Lipinski definition) is 1. The van der Waals surface area contributed by atoms with Crippen LogP contribution in [0.1, 0.15) is 56.3 Å². The Morgan fingerprint density at radius 3 is 2.46 bits per heavy atom. The van der Waals surface area contributed by atoms with Gasteiger partial charge in [0, 0.05) is 64.2 Å². The zero-order valence-corrected chi connectivity index (χ0v) is 31.7. The number of fused-ring (bicyclic) bond motifs is 4. The summed E-state index contributed by atoms with van der Waals surface area (Å²) >= 11 is 8.36. The first-order valence-corrected chi connectivity index (χ1v) is 21.5. The Hall–Kier alpha value is -3.26. The zero-order valence-electron chi connectivity index (χ0n) is 29.1. The lowest BCUT2D eigenvalue weighted by molar-refractivity contribution is 0.0492. The van der Waals surface area contributed by atoms with E-state index in [0.29, 0.717) is 28.9 Å². The number of alkyl carbamates (subject to hydrolysis) is 1. The first-order chi connectivity index (χ1) is 22.6. The van der Waals surface area contributed by atoms with E-state index in [-0.39, 0.29) is 30.1 Å². The van der Waals surface area contributed by atoms with Gasteiger partial charge in [0.05, 0.1) is 21.4 Å². The van der Waals surface area contributed by atoms with E-state index in [1.807, 2.05) is 49.9 Å². The summed E-state index contributed by atoms with van der Waals surface area (Å²) in [5, 5.41) is 4.03. The van der Waals surface area contributed by atoms with Crippen LogP contribution in [-0.2, 0) is 16.2 Å². The summed E-state index contributed by atoms with van der Waals surface area (Å²) in [7, 11) is 2.16. The Morgan fingerprint density at radius 1 is 1.10 bits per heavy atom. The molecule has 14 heteroatoms. The number of hydrogen-bond acceptors (Lipinski definition) is 9. The van der Waals surface area contributed by atoms with Gasteiger partial charge in [0.25, 0.3) is 5.91 Å². The van der Waals surface area contributed by atoms with Crippen molar-refractivity contribution < 1.29 is 19.1 Å². The van der Waals surface area contributed by atoms with Crippen LogP contribution in [0.25, 0.3) is 32.5 Å². The number of carbonyl (C=O) groups excluding carboxylic acids is 2. The number of nitrogens with zero attached hydrogens (tertiary/aromatic N) is 6. The second kappa shape index (κ2) is 13.2. The normalized spacial score (nSPS) is 19.7. The topological polar surface area (TPSA) is 115 Å². The van der Waals surface area contributed by atoms with Crippen LogP contribution < -0.4 is 10.2 Å². The molecule has 2 saturated heterocycles. The van der Waals surface area contributed by atoms with E-state index in [9.17, 15) is 9.59 Å². The van der Waals surface area contributed by atoms with Gasteiger partial charge in [-0.1, -0.05) is 37.3 Å². The molecule has 1 N–H and O–H groups in total. The first kappa shape index (κ1) is 34.6. The monoisotopic (exact) mass is 711 g/mol. The van der Waals surface area contributed by atoms with Gasteiger partial charge in [0.15, 0.2) is 10.7 Å². The van der Waals surface area contributed by atoms with Gasteiger partial charge in [-0.25, -0.2) is 19.7 Å². The van der Waals surface area contributed by atoms with Gasteiger partial charge in [-0.15, -0.1) is 11.3 Å². The Kier molecular flexibility index (Phi) is 9.53. The van der Waals surface area contributed by atoms with E-state index < -0.39 is 13.7 Å². The predicted octanol–water partition coefficient (Wildman–Crippen LogP) is 7.40. The third-order valence-electron chi connectivity index (χ3n) is 8.88. The van der Waals surface area contributed by atoms with Crippen molar-refractivity contribution >= 4 is 70.2 Å². The molecule has 2 aliphatic rings. The lowest BCUT2D eigenvalue weighted by Gasteiger charge is -2.39. The summed E-state index contributed by atoms with van der Waals surface area (Å²) in [6.07, 6.45) is 7.24. The summed E-state index contributed by atoms with van der Waals surface area (Å²) in [5.74, 6) is 0.674. The van der Waals surface area contributed by atoms with Crippen molar-refractivity contribution in [3.05, 3.63) is 34.6 Å². The van der Waals surface area contributed by atoms with E-state index in [2.05, 4.69) is 34.8 Å². The maximum absolute atomic E-state index is 12.6. The van der Waals surface area contributed by atoms with Crippen LogP contribution in [0.5, 0.6) is 0 Å². The Balaban J connectivity index is 1.32. The average molecular weight is 712 g/mol. The molecule has 2 fully saturated rings. The number of nitrogens with one attached hydrogen (secondary N) is 1.